The van der Waals surface area contributed by atoms with Gasteiger partial charge in [0.05, 0.1) is 9.79 Å². The summed E-state index contributed by atoms with van der Waals surface area (Å²) in [5.74, 6) is 0.0478. The highest BCUT2D eigenvalue weighted by Crippen LogP contribution is 2.54. The second kappa shape index (κ2) is 4.55. The van der Waals surface area contributed by atoms with E-state index in [1.165, 1.54) is 24.3 Å². The Morgan fingerprint density at radius 1 is 1.09 bits per heavy atom. The number of halogens is 1. The van der Waals surface area contributed by atoms with Crippen molar-refractivity contribution in [2.75, 3.05) is 0 Å². The summed E-state index contributed by atoms with van der Waals surface area (Å²) < 4.78 is 50.2. The lowest BCUT2D eigenvalue weighted by Gasteiger charge is -2.29. The maximum Gasteiger partial charge on any atom is 0.206 e. The second-order valence-corrected chi connectivity index (χ2v) is 8.29. The molecule has 4 rings (SSSR count). The normalized spacial score (nSPS) is 24.3. The molecule has 2 aliphatic rings. The van der Waals surface area contributed by atoms with Crippen LogP contribution in [0.2, 0.25) is 0 Å². The van der Waals surface area contributed by atoms with E-state index in [1.54, 1.807) is 12.1 Å². The van der Waals surface area contributed by atoms with E-state index in [0.29, 0.717) is 5.75 Å². The second-order valence-electron chi connectivity index (χ2n) is 6.34. The molecule has 0 N–H and O–H groups in total. The van der Waals surface area contributed by atoms with E-state index in [0.717, 1.165) is 11.6 Å². The van der Waals surface area contributed by atoms with Crippen LogP contribution in [0.15, 0.2) is 52.3 Å². The number of hydrogen-bond donors (Lipinski definition) is 0. The van der Waals surface area contributed by atoms with Crippen LogP contribution >= 0.6 is 0 Å². The molecular formula is C17H15FO4S. The maximum atomic E-state index is 13.3. The molecule has 2 aliphatic heterocycles. The molecule has 0 amide bonds. The summed E-state index contributed by atoms with van der Waals surface area (Å²) in [6.45, 7) is 3.88. The molecule has 2 aromatic carbocycles. The highest BCUT2D eigenvalue weighted by Gasteiger charge is 2.56. The third-order valence-corrected chi connectivity index (χ3v) is 6.00. The number of hydrogen-bond acceptors (Lipinski definition) is 4. The van der Waals surface area contributed by atoms with Crippen molar-refractivity contribution in [2.24, 2.45) is 0 Å². The third-order valence-electron chi connectivity index (χ3n) is 4.25. The lowest BCUT2D eigenvalue weighted by molar-refractivity contribution is 0.0724. The van der Waals surface area contributed by atoms with Gasteiger partial charge in [0.15, 0.2) is 0 Å². The molecule has 1 fully saturated rings. The average molecular weight is 334 g/mol. The van der Waals surface area contributed by atoms with E-state index in [1.807, 2.05) is 13.8 Å². The van der Waals surface area contributed by atoms with Gasteiger partial charge in [0.25, 0.3) is 0 Å². The lowest BCUT2D eigenvalue weighted by atomic mass is 9.94. The van der Waals surface area contributed by atoms with Gasteiger partial charge in [-0.25, -0.2) is 12.8 Å². The van der Waals surface area contributed by atoms with Crippen LogP contribution in [0.25, 0.3) is 0 Å². The molecule has 0 aliphatic carbocycles. The van der Waals surface area contributed by atoms with Gasteiger partial charge in [0, 0.05) is 5.56 Å². The number of epoxide rings is 1. The van der Waals surface area contributed by atoms with Crippen LogP contribution < -0.4 is 4.74 Å². The zero-order valence-corrected chi connectivity index (χ0v) is 13.4. The fourth-order valence-electron chi connectivity index (χ4n) is 3.00. The molecular weight excluding hydrogens is 319 g/mol. The number of ether oxygens (including phenoxy) is 2. The predicted octanol–water partition coefficient (Wildman–Crippen LogP) is 3.27. The largest absolute Gasteiger partial charge is 0.485 e. The van der Waals surface area contributed by atoms with Crippen LogP contribution in [0.3, 0.4) is 0 Å². The Labute approximate surface area is 133 Å². The van der Waals surface area contributed by atoms with Crippen LogP contribution in [-0.4, -0.2) is 20.1 Å². The topological polar surface area (TPSA) is 55.9 Å². The molecule has 120 valence electrons. The van der Waals surface area contributed by atoms with Gasteiger partial charge < -0.3 is 9.47 Å². The maximum absolute atomic E-state index is 13.3. The summed E-state index contributed by atoms with van der Waals surface area (Å²) in [5, 5.41) is 0. The van der Waals surface area contributed by atoms with Gasteiger partial charge in [0.2, 0.25) is 9.84 Å². The molecule has 0 aromatic heterocycles. The first-order chi connectivity index (χ1) is 10.8. The number of fused-ring (bicyclic) bond motifs is 3. The first-order valence-electron chi connectivity index (χ1n) is 7.28. The molecule has 0 bridgehead atoms. The Hall–Kier alpha value is -1.92. The molecule has 0 saturated carbocycles. The molecule has 1 saturated heterocycles. The van der Waals surface area contributed by atoms with Crippen molar-refractivity contribution in [1.82, 2.24) is 0 Å². The number of rotatable bonds is 2. The fourth-order valence-corrected chi connectivity index (χ4v) is 4.33. The molecule has 6 heteroatoms. The van der Waals surface area contributed by atoms with Crippen molar-refractivity contribution in [2.45, 2.75) is 41.4 Å². The van der Waals surface area contributed by atoms with E-state index in [4.69, 9.17) is 9.47 Å². The summed E-state index contributed by atoms with van der Waals surface area (Å²) in [6.07, 6.45) is -0.210. The first-order valence-corrected chi connectivity index (χ1v) is 8.76. The summed E-state index contributed by atoms with van der Waals surface area (Å²) >= 11 is 0. The van der Waals surface area contributed by atoms with Gasteiger partial charge in [-0.3, -0.25) is 0 Å². The molecule has 0 spiro atoms. The zero-order valence-electron chi connectivity index (χ0n) is 12.6. The van der Waals surface area contributed by atoms with Crippen molar-refractivity contribution in [3.63, 3.8) is 0 Å². The molecule has 23 heavy (non-hydrogen) atoms. The Bertz CT molecular complexity index is 905. The van der Waals surface area contributed by atoms with Crippen LogP contribution in [0.1, 0.15) is 25.5 Å². The third kappa shape index (κ3) is 2.24. The van der Waals surface area contributed by atoms with Crippen molar-refractivity contribution in [1.29, 1.82) is 0 Å². The first kappa shape index (κ1) is 14.7. The highest BCUT2D eigenvalue weighted by atomic mass is 32.2. The minimum Gasteiger partial charge on any atom is -0.485 e. The molecule has 0 radical (unpaired) electrons. The van der Waals surface area contributed by atoms with Gasteiger partial charge in [-0.2, -0.15) is 0 Å². The molecule has 2 aromatic rings. The summed E-state index contributed by atoms with van der Waals surface area (Å²) in [5.41, 5.74) is 0.299. The zero-order chi connectivity index (χ0) is 16.4. The van der Waals surface area contributed by atoms with Crippen molar-refractivity contribution >= 4 is 9.84 Å². The minimum atomic E-state index is -3.78. The Balaban J connectivity index is 1.79. The number of sulfone groups is 1. The minimum absolute atomic E-state index is 0.0669. The van der Waals surface area contributed by atoms with Crippen LogP contribution in [0, 0.1) is 5.82 Å². The van der Waals surface area contributed by atoms with E-state index in [2.05, 4.69) is 0 Å². The Morgan fingerprint density at radius 3 is 2.57 bits per heavy atom. The highest BCUT2D eigenvalue weighted by molar-refractivity contribution is 7.91. The molecule has 2 atom stereocenters. The summed E-state index contributed by atoms with van der Waals surface area (Å²) in [7, 11) is -3.78. The van der Waals surface area contributed by atoms with Crippen molar-refractivity contribution < 1.29 is 22.3 Å². The smallest absolute Gasteiger partial charge is 0.206 e. The summed E-state index contributed by atoms with van der Waals surface area (Å²) in [4.78, 5) is 0.0437. The Morgan fingerprint density at radius 2 is 1.83 bits per heavy atom. The van der Waals surface area contributed by atoms with Crippen molar-refractivity contribution in [3.05, 3.63) is 53.8 Å². The quantitative estimate of drug-likeness (QED) is 0.791. The van der Waals surface area contributed by atoms with Gasteiger partial charge >= 0.3 is 0 Å². The van der Waals surface area contributed by atoms with Crippen molar-refractivity contribution in [3.8, 4) is 5.75 Å². The van der Waals surface area contributed by atoms with E-state index in [9.17, 15) is 12.8 Å². The molecule has 2 heterocycles. The van der Waals surface area contributed by atoms with Gasteiger partial charge in [0.1, 0.15) is 29.4 Å². The SMILES string of the molecule is CC1(C)Oc2ccc(S(=O)(=O)c3cccc(F)c3)cc2C2O[C@@H]21. The number of benzene rings is 2. The van der Waals surface area contributed by atoms with Crippen LogP contribution in [0.4, 0.5) is 4.39 Å². The fraction of sp³-hybridized carbons (Fsp3) is 0.294. The standard InChI is InChI=1S/C17H15FO4S/c1-17(2)16-15(21-16)13-9-12(6-7-14(13)22-17)23(19,20)11-5-3-4-10(18)8-11/h3-9,15-16H,1-2H3/t15?,16-/m0/s1. The van der Waals surface area contributed by atoms with E-state index >= 15 is 0 Å². The van der Waals surface area contributed by atoms with E-state index < -0.39 is 21.3 Å². The molecule has 1 unspecified atom stereocenters. The van der Waals surface area contributed by atoms with Crippen LogP contribution in [-0.2, 0) is 14.6 Å². The van der Waals surface area contributed by atoms with Gasteiger partial charge in [-0.1, -0.05) is 6.07 Å². The van der Waals surface area contributed by atoms with E-state index in [-0.39, 0.29) is 22.0 Å². The van der Waals surface area contributed by atoms with Gasteiger partial charge in [-0.15, -0.1) is 0 Å². The average Bonchev–Trinajstić information content (AvgIpc) is 3.28. The monoisotopic (exact) mass is 334 g/mol. The molecule has 4 nitrogen and oxygen atoms in total. The van der Waals surface area contributed by atoms with Gasteiger partial charge in [-0.05, 0) is 50.2 Å². The lowest BCUT2D eigenvalue weighted by Crippen LogP contribution is -2.37. The van der Waals surface area contributed by atoms with Crippen LogP contribution in [0.5, 0.6) is 5.75 Å². The summed E-state index contributed by atoms with van der Waals surface area (Å²) in [6, 6.07) is 9.68. The Kier molecular flexibility index (Phi) is 2.90. The predicted molar refractivity (Wildman–Crippen MR) is 80.6 cm³/mol.